The molecule has 9 heavy (non-hydrogen) atoms. The molecule has 0 bridgehead atoms. The van der Waals surface area contributed by atoms with Crippen molar-refractivity contribution in [3.8, 4) is 0 Å². The molecule has 0 aliphatic heterocycles. The van der Waals surface area contributed by atoms with Crippen LogP contribution in [0.4, 0.5) is 0 Å². The molecular weight excluding hydrogens is 116 g/mol. The molecule has 0 atom stereocenters. The van der Waals surface area contributed by atoms with Crippen molar-refractivity contribution in [2.45, 2.75) is 20.6 Å². The van der Waals surface area contributed by atoms with E-state index < -0.39 is 0 Å². The van der Waals surface area contributed by atoms with E-state index in [1.165, 1.54) is 0 Å². The number of rotatable bonds is 1. The van der Waals surface area contributed by atoms with E-state index in [4.69, 9.17) is 5.11 Å². The molecule has 0 radical (unpaired) electrons. The molecular formula is C6H10N2O. The molecule has 1 aromatic heterocycles. The van der Waals surface area contributed by atoms with E-state index in [1.807, 2.05) is 13.8 Å². The van der Waals surface area contributed by atoms with Gasteiger partial charge in [-0.3, -0.25) is 0 Å². The first-order valence-corrected chi connectivity index (χ1v) is 2.85. The van der Waals surface area contributed by atoms with Gasteiger partial charge >= 0.3 is 0 Å². The molecule has 0 aliphatic carbocycles. The predicted molar refractivity (Wildman–Crippen MR) is 33.9 cm³/mol. The van der Waals surface area contributed by atoms with E-state index in [9.17, 15) is 0 Å². The zero-order valence-electron chi connectivity index (χ0n) is 5.63. The number of aliphatic hydroxyl groups excluding tert-OH is 1. The van der Waals surface area contributed by atoms with Crippen LogP contribution in [0.15, 0.2) is 6.33 Å². The summed E-state index contributed by atoms with van der Waals surface area (Å²) in [6.07, 6.45) is 1.63. The maximum absolute atomic E-state index is 8.65. The average molecular weight is 126 g/mol. The van der Waals surface area contributed by atoms with Gasteiger partial charge in [-0.2, -0.15) is 0 Å². The summed E-state index contributed by atoms with van der Waals surface area (Å²) in [5, 5.41) is 8.65. The van der Waals surface area contributed by atoms with Crippen LogP contribution in [-0.2, 0) is 6.73 Å². The topological polar surface area (TPSA) is 38.0 Å². The fourth-order valence-electron chi connectivity index (χ4n) is 0.687. The molecule has 1 N–H and O–H groups in total. The molecule has 0 saturated carbocycles. The number of aromatic nitrogens is 2. The highest BCUT2D eigenvalue weighted by atomic mass is 16.3. The van der Waals surface area contributed by atoms with E-state index in [2.05, 4.69) is 4.98 Å². The highest BCUT2D eigenvalue weighted by molar-refractivity contribution is 5.07. The third-order valence-corrected chi connectivity index (χ3v) is 1.50. The molecule has 0 spiro atoms. The van der Waals surface area contributed by atoms with Crippen molar-refractivity contribution in [2.75, 3.05) is 0 Å². The van der Waals surface area contributed by atoms with Gasteiger partial charge in [0.1, 0.15) is 6.73 Å². The lowest BCUT2D eigenvalue weighted by Crippen LogP contribution is -1.96. The summed E-state index contributed by atoms with van der Waals surface area (Å²) < 4.78 is 1.69. The van der Waals surface area contributed by atoms with Gasteiger partial charge in [-0.25, -0.2) is 4.98 Å². The predicted octanol–water partition coefficient (Wildman–Crippen LogP) is 0.450. The quantitative estimate of drug-likeness (QED) is 0.593. The lowest BCUT2D eigenvalue weighted by molar-refractivity contribution is 0.208. The van der Waals surface area contributed by atoms with Crippen molar-refractivity contribution in [1.29, 1.82) is 0 Å². The Labute approximate surface area is 54.0 Å². The van der Waals surface area contributed by atoms with Crippen LogP contribution in [0.3, 0.4) is 0 Å². The molecule has 0 unspecified atom stereocenters. The van der Waals surface area contributed by atoms with E-state index in [1.54, 1.807) is 10.9 Å². The Balaban J connectivity index is 3.04. The Morgan fingerprint density at radius 3 is 2.56 bits per heavy atom. The number of imidazole rings is 1. The number of aryl methyl sites for hydroxylation is 1. The monoisotopic (exact) mass is 126 g/mol. The third kappa shape index (κ3) is 0.954. The Morgan fingerprint density at radius 1 is 1.67 bits per heavy atom. The van der Waals surface area contributed by atoms with E-state index >= 15 is 0 Å². The second kappa shape index (κ2) is 2.19. The van der Waals surface area contributed by atoms with Gasteiger partial charge in [0.15, 0.2) is 0 Å². The summed E-state index contributed by atoms with van der Waals surface area (Å²) in [5.74, 6) is 0. The van der Waals surface area contributed by atoms with Gasteiger partial charge in [-0.1, -0.05) is 0 Å². The molecule has 3 heteroatoms. The van der Waals surface area contributed by atoms with Crippen molar-refractivity contribution >= 4 is 0 Å². The maximum Gasteiger partial charge on any atom is 0.120 e. The van der Waals surface area contributed by atoms with Gasteiger partial charge in [0.25, 0.3) is 0 Å². The van der Waals surface area contributed by atoms with Crippen LogP contribution < -0.4 is 0 Å². The Hall–Kier alpha value is -0.830. The Morgan fingerprint density at radius 2 is 2.33 bits per heavy atom. The minimum Gasteiger partial charge on any atom is -0.376 e. The lowest BCUT2D eigenvalue weighted by atomic mass is 10.4. The van der Waals surface area contributed by atoms with E-state index in [0.717, 1.165) is 11.4 Å². The number of hydrogen-bond donors (Lipinski definition) is 1. The van der Waals surface area contributed by atoms with Crippen molar-refractivity contribution < 1.29 is 5.11 Å². The molecule has 1 heterocycles. The van der Waals surface area contributed by atoms with Crippen LogP contribution in [0.5, 0.6) is 0 Å². The molecule has 0 aliphatic rings. The van der Waals surface area contributed by atoms with Gasteiger partial charge < -0.3 is 9.67 Å². The zero-order valence-corrected chi connectivity index (χ0v) is 5.63. The Bertz CT molecular complexity index is 205. The fraction of sp³-hybridized carbons (Fsp3) is 0.500. The van der Waals surface area contributed by atoms with Crippen molar-refractivity contribution in [3.05, 3.63) is 17.7 Å². The molecule has 0 saturated heterocycles. The van der Waals surface area contributed by atoms with Crippen molar-refractivity contribution in [2.24, 2.45) is 0 Å². The average Bonchev–Trinajstić information content (AvgIpc) is 2.15. The summed E-state index contributed by atoms with van der Waals surface area (Å²) in [7, 11) is 0. The number of nitrogens with zero attached hydrogens (tertiary/aromatic N) is 2. The van der Waals surface area contributed by atoms with Crippen LogP contribution in [0.25, 0.3) is 0 Å². The summed E-state index contributed by atoms with van der Waals surface area (Å²) >= 11 is 0. The first kappa shape index (κ1) is 6.29. The molecule has 1 aromatic rings. The first-order chi connectivity index (χ1) is 4.25. The smallest absolute Gasteiger partial charge is 0.120 e. The zero-order chi connectivity index (χ0) is 6.85. The van der Waals surface area contributed by atoms with Crippen LogP contribution in [0.2, 0.25) is 0 Å². The summed E-state index contributed by atoms with van der Waals surface area (Å²) in [6.45, 7) is 3.87. The highest BCUT2D eigenvalue weighted by Gasteiger charge is 1.97. The van der Waals surface area contributed by atoms with Crippen LogP contribution in [0.1, 0.15) is 11.4 Å². The van der Waals surface area contributed by atoms with Crippen LogP contribution in [-0.4, -0.2) is 14.7 Å². The summed E-state index contributed by atoms with van der Waals surface area (Å²) in [6, 6.07) is 0. The highest BCUT2D eigenvalue weighted by Crippen LogP contribution is 2.01. The van der Waals surface area contributed by atoms with Crippen LogP contribution >= 0.6 is 0 Å². The van der Waals surface area contributed by atoms with Crippen LogP contribution in [0, 0.1) is 13.8 Å². The number of aliphatic hydroxyl groups is 1. The fourth-order valence-corrected chi connectivity index (χ4v) is 0.687. The maximum atomic E-state index is 8.65. The summed E-state index contributed by atoms with van der Waals surface area (Å²) in [5.41, 5.74) is 2.00. The van der Waals surface area contributed by atoms with E-state index in [0.29, 0.717) is 0 Å². The standard InChI is InChI=1S/C6H10N2O/c1-5-6(2)8(4-9)3-7-5/h3,9H,4H2,1-2H3. The van der Waals surface area contributed by atoms with Crippen molar-refractivity contribution in [3.63, 3.8) is 0 Å². The minimum absolute atomic E-state index is 0.0205. The van der Waals surface area contributed by atoms with Gasteiger partial charge in [-0.05, 0) is 13.8 Å². The molecule has 50 valence electrons. The molecule has 0 aromatic carbocycles. The minimum atomic E-state index is 0.0205. The third-order valence-electron chi connectivity index (χ3n) is 1.50. The Kier molecular flexibility index (Phi) is 1.53. The molecule has 0 fully saturated rings. The largest absolute Gasteiger partial charge is 0.376 e. The lowest BCUT2D eigenvalue weighted by Gasteiger charge is -1.96. The van der Waals surface area contributed by atoms with Gasteiger partial charge in [-0.15, -0.1) is 0 Å². The first-order valence-electron chi connectivity index (χ1n) is 2.85. The number of hydrogen-bond acceptors (Lipinski definition) is 2. The van der Waals surface area contributed by atoms with Gasteiger partial charge in [0, 0.05) is 5.69 Å². The van der Waals surface area contributed by atoms with Gasteiger partial charge in [0.05, 0.1) is 12.0 Å². The van der Waals surface area contributed by atoms with E-state index in [-0.39, 0.29) is 6.73 Å². The normalized spacial score (nSPS) is 10.1. The molecule has 1 rings (SSSR count). The second-order valence-electron chi connectivity index (χ2n) is 2.03. The summed E-state index contributed by atoms with van der Waals surface area (Å²) in [4.78, 5) is 3.99. The molecule has 0 amide bonds. The second-order valence-corrected chi connectivity index (χ2v) is 2.03. The van der Waals surface area contributed by atoms with Crippen molar-refractivity contribution in [1.82, 2.24) is 9.55 Å². The van der Waals surface area contributed by atoms with Gasteiger partial charge in [0.2, 0.25) is 0 Å². The SMILES string of the molecule is Cc1ncn(CO)c1C. The molecule has 3 nitrogen and oxygen atoms in total.